The minimum absolute atomic E-state index is 0.195. The summed E-state index contributed by atoms with van der Waals surface area (Å²) in [5.41, 5.74) is 0.529. The predicted octanol–water partition coefficient (Wildman–Crippen LogP) is 2.85. The molecule has 24 heavy (non-hydrogen) atoms. The van der Waals surface area contributed by atoms with E-state index in [4.69, 9.17) is 4.74 Å². The maximum absolute atomic E-state index is 13.0. The Morgan fingerprint density at radius 1 is 1.38 bits per heavy atom. The quantitative estimate of drug-likeness (QED) is 0.840. The van der Waals surface area contributed by atoms with Gasteiger partial charge in [-0.05, 0) is 38.3 Å². The molecule has 130 valence electrons. The van der Waals surface area contributed by atoms with Crippen LogP contribution in [0.1, 0.15) is 44.9 Å². The predicted molar refractivity (Wildman–Crippen MR) is 84.2 cm³/mol. The van der Waals surface area contributed by atoms with E-state index in [0.717, 1.165) is 30.4 Å². The van der Waals surface area contributed by atoms with Gasteiger partial charge in [0.25, 0.3) is 6.43 Å². The Kier molecular flexibility index (Phi) is 3.67. The first-order valence-corrected chi connectivity index (χ1v) is 8.42. The van der Waals surface area contributed by atoms with E-state index in [0.29, 0.717) is 23.6 Å². The first-order chi connectivity index (χ1) is 11.6. The van der Waals surface area contributed by atoms with Gasteiger partial charge in [-0.3, -0.25) is 0 Å². The maximum atomic E-state index is 13.0. The van der Waals surface area contributed by atoms with Crippen molar-refractivity contribution in [3.8, 4) is 0 Å². The van der Waals surface area contributed by atoms with Crippen molar-refractivity contribution in [3.05, 3.63) is 18.0 Å². The van der Waals surface area contributed by atoms with Gasteiger partial charge in [0.05, 0.1) is 6.10 Å². The van der Waals surface area contributed by atoms with Gasteiger partial charge in [0.2, 0.25) is 5.82 Å². The van der Waals surface area contributed by atoms with Crippen LogP contribution in [0.4, 0.5) is 14.6 Å². The van der Waals surface area contributed by atoms with Crippen molar-refractivity contribution in [3.63, 3.8) is 0 Å². The van der Waals surface area contributed by atoms with E-state index in [1.807, 2.05) is 20.0 Å². The standard InChI is InChI=1S/C16H21F2N5O/c1-3-24-11-9-10(16(11)7-4-8-16)22(2)13-6-5-12-19-20-15(14(17)18)23(12)21-13/h5-6,10-11,14H,3-4,7-9H2,1-2H3. The fourth-order valence-corrected chi connectivity index (χ4v) is 4.23. The van der Waals surface area contributed by atoms with Crippen molar-refractivity contribution in [2.24, 2.45) is 5.41 Å². The van der Waals surface area contributed by atoms with E-state index in [1.54, 1.807) is 6.07 Å². The molecule has 2 fully saturated rings. The number of ether oxygens (including phenoxy) is 1. The Morgan fingerprint density at radius 2 is 2.17 bits per heavy atom. The van der Waals surface area contributed by atoms with Crippen molar-refractivity contribution in [2.75, 3.05) is 18.6 Å². The molecule has 2 unspecified atom stereocenters. The molecule has 6 nitrogen and oxygen atoms in total. The Hall–Kier alpha value is -1.83. The summed E-state index contributed by atoms with van der Waals surface area (Å²) in [6, 6.07) is 3.84. The number of halogens is 2. The highest BCUT2D eigenvalue weighted by Gasteiger charge is 2.60. The number of nitrogens with zero attached hydrogens (tertiary/aromatic N) is 5. The van der Waals surface area contributed by atoms with Crippen LogP contribution in [-0.2, 0) is 4.74 Å². The molecule has 0 N–H and O–H groups in total. The second kappa shape index (κ2) is 5.61. The third-order valence-corrected chi connectivity index (χ3v) is 5.69. The molecule has 0 aliphatic heterocycles. The molecule has 0 amide bonds. The summed E-state index contributed by atoms with van der Waals surface area (Å²) in [7, 11) is 1.98. The topological polar surface area (TPSA) is 55.5 Å². The second-order valence-electron chi connectivity index (χ2n) is 6.71. The molecule has 8 heteroatoms. The van der Waals surface area contributed by atoms with E-state index < -0.39 is 12.2 Å². The highest BCUT2D eigenvalue weighted by Crippen LogP contribution is 2.59. The van der Waals surface area contributed by atoms with Crippen LogP contribution in [0.2, 0.25) is 0 Å². The molecule has 1 spiro atoms. The van der Waals surface area contributed by atoms with Gasteiger partial charge in [0.1, 0.15) is 5.82 Å². The summed E-state index contributed by atoms with van der Waals surface area (Å²) in [5, 5.41) is 11.6. The molecule has 4 rings (SSSR count). The minimum Gasteiger partial charge on any atom is -0.378 e. The van der Waals surface area contributed by atoms with Crippen LogP contribution >= 0.6 is 0 Å². The van der Waals surface area contributed by atoms with Crippen LogP contribution < -0.4 is 4.90 Å². The largest absolute Gasteiger partial charge is 0.378 e. The fraction of sp³-hybridized carbons (Fsp3) is 0.688. The van der Waals surface area contributed by atoms with Crippen LogP contribution in [0.5, 0.6) is 0 Å². The van der Waals surface area contributed by atoms with E-state index >= 15 is 0 Å². The van der Waals surface area contributed by atoms with E-state index in [2.05, 4.69) is 20.2 Å². The second-order valence-corrected chi connectivity index (χ2v) is 6.71. The molecule has 0 aromatic carbocycles. The SMILES string of the molecule is CCOC1CC(N(C)c2ccc3nnc(C(F)F)n3n2)C12CCC2. The van der Waals surface area contributed by atoms with Crippen LogP contribution in [0.25, 0.3) is 5.65 Å². The van der Waals surface area contributed by atoms with Crippen molar-refractivity contribution < 1.29 is 13.5 Å². The number of aromatic nitrogens is 4. The van der Waals surface area contributed by atoms with Crippen LogP contribution in [0.3, 0.4) is 0 Å². The summed E-state index contributed by atoms with van der Waals surface area (Å²) < 4.78 is 33.1. The third-order valence-electron chi connectivity index (χ3n) is 5.69. The summed E-state index contributed by atoms with van der Waals surface area (Å²) >= 11 is 0. The van der Waals surface area contributed by atoms with Crippen LogP contribution in [0.15, 0.2) is 12.1 Å². The van der Waals surface area contributed by atoms with Crippen molar-refractivity contribution in [2.45, 2.75) is 51.2 Å². The number of fused-ring (bicyclic) bond motifs is 1. The lowest BCUT2D eigenvalue weighted by molar-refractivity contribution is -0.164. The van der Waals surface area contributed by atoms with Gasteiger partial charge in [-0.1, -0.05) is 6.42 Å². The summed E-state index contributed by atoms with van der Waals surface area (Å²) in [4.78, 5) is 2.10. The molecule has 2 saturated carbocycles. The van der Waals surface area contributed by atoms with Crippen molar-refractivity contribution >= 4 is 11.5 Å². The van der Waals surface area contributed by atoms with E-state index in [9.17, 15) is 8.78 Å². The Balaban J connectivity index is 1.62. The molecule has 2 aliphatic carbocycles. The van der Waals surface area contributed by atoms with Gasteiger partial charge in [-0.15, -0.1) is 15.3 Å². The molecule has 2 aliphatic rings. The molecule has 0 bridgehead atoms. The van der Waals surface area contributed by atoms with Gasteiger partial charge in [0.15, 0.2) is 5.65 Å². The van der Waals surface area contributed by atoms with Gasteiger partial charge in [-0.25, -0.2) is 8.78 Å². The fourth-order valence-electron chi connectivity index (χ4n) is 4.23. The average Bonchev–Trinajstić information content (AvgIpc) is 2.92. The van der Waals surface area contributed by atoms with Gasteiger partial charge < -0.3 is 9.64 Å². The summed E-state index contributed by atoms with van der Waals surface area (Å²) in [6.07, 6.45) is 2.10. The maximum Gasteiger partial charge on any atom is 0.299 e. The number of hydrogen-bond donors (Lipinski definition) is 0. The first kappa shape index (κ1) is 15.7. The number of alkyl halides is 2. The average molecular weight is 337 g/mol. The number of rotatable bonds is 5. The molecule has 0 radical (unpaired) electrons. The lowest BCUT2D eigenvalue weighted by atomic mass is 9.50. The zero-order valence-electron chi connectivity index (χ0n) is 13.8. The van der Waals surface area contributed by atoms with Crippen molar-refractivity contribution in [1.82, 2.24) is 19.8 Å². The summed E-state index contributed by atoms with van der Waals surface area (Å²) in [5.74, 6) is 0.245. The zero-order chi connectivity index (χ0) is 16.9. The van der Waals surface area contributed by atoms with Gasteiger partial charge in [0, 0.05) is 25.1 Å². The number of hydrogen-bond acceptors (Lipinski definition) is 5. The molecular weight excluding hydrogens is 316 g/mol. The normalized spacial score (nSPS) is 25.0. The highest BCUT2D eigenvalue weighted by molar-refractivity contribution is 5.47. The van der Waals surface area contributed by atoms with Gasteiger partial charge >= 0.3 is 0 Å². The summed E-state index contributed by atoms with van der Waals surface area (Å²) in [6.45, 7) is 2.75. The molecule has 2 aromatic heterocycles. The van der Waals surface area contributed by atoms with Crippen molar-refractivity contribution in [1.29, 1.82) is 0 Å². The minimum atomic E-state index is -2.70. The Bertz CT molecular complexity index is 745. The Morgan fingerprint density at radius 3 is 2.79 bits per heavy atom. The molecule has 2 atom stereocenters. The molecule has 2 heterocycles. The van der Waals surface area contributed by atoms with Crippen LogP contribution in [-0.4, -0.2) is 45.6 Å². The van der Waals surface area contributed by atoms with Crippen LogP contribution in [0, 0.1) is 5.41 Å². The number of anilines is 1. The van der Waals surface area contributed by atoms with E-state index in [1.165, 1.54) is 6.42 Å². The monoisotopic (exact) mass is 337 g/mol. The third kappa shape index (κ3) is 2.12. The molecule has 0 saturated heterocycles. The smallest absolute Gasteiger partial charge is 0.299 e. The molecule has 2 aromatic rings. The zero-order valence-corrected chi connectivity index (χ0v) is 13.8. The highest BCUT2D eigenvalue weighted by atomic mass is 19.3. The van der Waals surface area contributed by atoms with Gasteiger partial charge in [-0.2, -0.15) is 4.52 Å². The molecular formula is C16H21F2N5O. The first-order valence-electron chi connectivity index (χ1n) is 8.42. The lowest BCUT2D eigenvalue weighted by Gasteiger charge is -2.63. The lowest BCUT2D eigenvalue weighted by Crippen LogP contribution is -2.67. The van der Waals surface area contributed by atoms with E-state index in [-0.39, 0.29) is 5.41 Å². The Labute approximate surface area is 138 Å².